The number of nitrogens with one attached hydrogen (secondary N) is 1. The molecule has 0 spiro atoms. The Balaban J connectivity index is 2.57. The molecule has 0 bridgehead atoms. The zero-order chi connectivity index (χ0) is 13.1. The van der Waals surface area contributed by atoms with Crippen LogP contribution < -0.4 is 5.32 Å². The van der Waals surface area contributed by atoms with E-state index in [4.69, 9.17) is 16.3 Å². The maximum atomic E-state index is 11.6. The van der Waals surface area contributed by atoms with Crippen molar-refractivity contribution in [1.29, 1.82) is 0 Å². The average Bonchev–Trinajstić information content (AvgIpc) is 2.18. The van der Waals surface area contributed by atoms with Crippen molar-refractivity contribution in [1.82, 2.24) is 0 Å². The second kappa shape index (κ2) is 5.52. The van der Waals surface area contributed by atoms with Crippen molar-refractivity contribution in [3.05, 3.63) is 28.8 Å². The summed E-state index contributed by atoms with van der Waals surface area (Å²) in [6, 6.07) is 5.49. The fourth-order valence-electron chi connectivity index (χ4n) is 1.19. The maximum absolute atomic E-state index is 11.6. The lowest BCUT2D eigenvalue weighted by Crippen LogP contribution is -2.27. The van der Waals surface area contributed by atoms with Gasteiger partial charge in [-0.1, -0.05) is 17.7 Å². The molecule has 0 saturated heterocycles. The Bertz CT molecular complexity index is 410. The molecule has 1 rings (SSSR count). The van der Waals surface area contributed by atoms with Gasteiger partial charge in [0.1, 0.15) is 6.61 Å². The Morgan fingerprint density at radius 1 is 1.41 bits per heavy atom. The topological polar surface area (TPSA) is 38.3 Å². The summed E-state index contributed by atoms with van der Waals surface area (Å²) in [5.41, 5.74) is 1.34. The minimum atomic E-state index is -0.325. The molecule has 0 aromatic heterocycles. The van der Waals surface area contributed by atoms with E-state index in [2.05, 4.69) is 5.32 Å². The molecule has 1 N–H and O–H groups in total. The summed E-state index contributed by atoms with van der Waals surface area (Å²) in [5, 5.41) is 3.25. The Morgan fingerprint density at radius 2 is 2.06 bits per heavy atom. The number of benzene rings is 1. The van der Waals surface area contributed by atoms with E-state index in [1.165, 1.54) is 0 Å². The Morgan fingerprint density at radius 3 is 2.59 bits per heavy atom. The maximum Gasteiger partial charge on any atom is 0.250 e. The van der Waals surface area contributed by atoms with E-state index < -0.39 is 0 Å². The fourth-order valence-corrected chi connectivity index (χ4v) is 1.47. The highest BCUT2D eigenvalue weighted by atomic mass is 35.5. The molecular formula is C13H18ClNO2. The van der Waals surface area contributed by atoms with Gasteiger partial charge in [-0.3, -0.25) is 4.79 Å². The van der Waals surface area contributed by atoms with Crippen LogP contribution in [-0.4, -0.2) is 18.1 Å². The van der Waals surface area contributed by atoms with Crippen LogP contribution in [0, 0.1) is 6.92 Å². The highest BCUT2D eigenvalue weighted by molar-refractivity contribution is 6.33. The van der Waals surface area contributed by atoms with Gasteiger partial charge in [-0.05, 0) is 45.4 Å². The van der Waals surface area contributed by atoms with E-state index in [9.17, 15) is 4.79 Å². The molecule has 1 amide bonds. The second-order valence-electron chi connectivity index (χ2n) is 4.93. The monoisotopic (exact) mass is 255 g/mol. The highest BCUT2D eigenvalue weighted by Gasteiger charge is 2.13. The number of ether oxygens (including phenoxy) is 1. The van der Waals surface area contributed by atoms with Crippen LogP contribution in [0.5, 0.6) is 0 Å². The van der Waals surface area contributed by atoms with Crippen molar-refractivity contribution in [2.45, 2.75) is 33.3 Å². The van der Waals surface area contributed by atoms with Crippen molar-refractivity contribution >= 4 is 23.2 Å². The lowest BCUT2D eigenvalue weighted by atomic mass is 10.2. The van der Waals surface area contributed by atoms with Gasteiger partial charge < -0.3 is 10.1 Å². The molecule has 0 radical (unpaired) electrons. The first-order chi connectivity index (χ1) is 7.78. The van der Waals surface area contributed by atoms with Gasteiger partial charge in [0.25, 0.3) is 0 Å². The minimum absolute atomic E-state index is 0.0215. The summed E-state index contributed by atoms with van der Waals surface area (Å²) >= 11 is 6.01. The van der Waals surface area contributed by atoms with Gasteiger partial charge in [0.2, 0.25) is 5.91 Å². The van der Waals surface area contributed by atoms with Crippen molar-refractivity contribution in [3.8, 4) is 0 Å². The number of aryl methyl sites for hydroxylation is 1. The van der Waals surface area contributed by atoms with Crippen molar-refractivity contribution < 1.29 is 9.53 Å². The van der Waals surface area contributed by atoms with Gasteiger partial charge >= 0.3 is 0 Å². The molecule has 0 atom stereocenters. The number of rotatable bonds is 3. The Hall–Kier alpha value is -1.06. The second-order valence-corrected chi connectivity index (χ2v) is 5.34. The average molecular weight is 256 g/mol. The van der Waals surface area contributed by atoms with E-state index in [-0.39, 0.29) is 18.1 Å². The number of anilines is 1. The molecule has 0 unspecified atom stereocenters. The van der Waals surface area contributed by atoms with Crippen LogP contribution in [0.4, 0.5) is 5.69 Å². The standard InChI is InChI=1S/C13H18ClNO2/c1-9-5-6-11(10(14)7-9)15-12(16)8-17-13(2,3)4/h5-7H,8H2,1-4H3,(H,15,16). The molecule has 1 aromatic rings. The number of amides is 1. The molecule has 0 aliphatic rings. The largest absolute Gasteiger partial charge is 0.366 e. The number of hydrogen-bond donors (Lipinski definition) is 1. The third kappa shape index (κ3) is 5.20. The quantitative estimate of drug-likeness (QED) is 0.899. The lowest BCUT2D eigenvalue weighted by molar-refractivity contribution is -0.125. The van der Waals surface area contributed by atoms with Gasteiger partial charge in [0.05, 0.1) is 16.3 Å². The van der Waals surface area contributed by atoms with E-state index in [1.807, 2.05) is 39.8 Å². The SMILES string of the molecule is Cc1ccc(NC(=O)COC(C)(C)C)c(Cl)c1. The van der Waals surface area contributed by atoms with Crippen molar-refractivity contribution in [2.75, 3.05) is 11.9 Å². The molecule has 17 heavy (non-hydrogen) atoms. The van der Waals surface area contributed by atoms with Crippen LogP contribution in [0.25, 0.3) is 0 Å². The zero-order valence-corrected chi connectivity index (χ0v) is 11.4. The molecule has 0 fully saturated rings. The third-order valence-electron chi connectivity index (χ3n) is 2.03. The molecule has 94 valence electrons. The molecule has 4 heteroatoms. The molecule has 0 heterocycles. The lowest BCUT2D eigenvalue weighted by Gasteiger charge is -2.19. The van der Waals surface area contributed by atoms with Gasteiger partial charge in [0.15, 0.2) is 0 Å². The summed E-state index contributed by atoms with van der Waals surface area (Å²) in [5.74, 6) is -0.203. The smallest absolute Gasteiger partial charge is 0.250 e. The van der Waals surface area contributed by atoms with Crippen LogP contribution in [0.1, 0.15) is 26.3 Å². The summed E-state index contributed by atoms with van der Waals surface area (Å²) < 4.78 is 5.37. The number of hydrogen-bond acceptors (Lipinski definition) is 2. The normalized spacial score (nSPS) is 11.4. The highest BCUT2D eigenvalue weighted by Crippen LogP contribution is 2.22. The van der Waals surface area contributed by atoms with Crippen LogP contribution in [0.15, 0.2) is 18.2 Å². The first-order valence-electron chi connectivity index (χ1n) is 5.48. The number of halogens is 1. The Labute approximate surface area is 107 Å². The molecule has 1 aromatic carbocycles. The summed E-state index contributed by atoms with van der Waals surface area (Å²) in [7, 11) is 0. The molecule has 0 saturated carbocycles. The van der Waals surface area contributed by atoms with Gasteiger partial charge in [-0.2, -0.15) is 0 Å². The predicted molar refractivity (Wildman–Crippen MR) is 70.5 cm³/mol. The van der Waals surface area contributed by atoms with E-state index >= 15 is 0 Å². The summed E-state index contributed by atoms with van der Waals surface area (Å²) in [4.78, 5) is 11.6. The van der Waals surface area contributed by atoms with Crippen molar-refractivity contribution in [2.24, 2.45) is 0 Å². The van der Waals surface area contributed by atoms with Gasteiger partial charge in [-0.25, -0.2) is 0 Å². The van der Waals surface area contributed by atoms with Crippen LogP contribution in [0.2, 0.25) is 5.02 Å². The Kier molecular flexibility index (Phi) is 4.54. The van der Waals surface area contributed by atoms with Gasteiger partial charge in [-0.15, -0.1) is 0 Å². The van der Waals surface area contributed by atoms with Crippen LogP contribution >= 0.6 is 11.6 Å². The van der Waals surface area contributed by atoms with Crippen molar-refractivity contribution in [3.63, 3.8) is 0 Å². The van der Waals surface area contributed by atoms with E-state index in [0.29, 0.717) is 10.7 Å². The molecule has 0 aliphatic heterocycles. The first kappa shape index (κ1) is 14.0. The third-order valence-corrected chi connectivity index (χ3v) is 2.35. The zero-order valence-electron chi connectivity index (χ0n) is 10.6. The molecular weight excluding hydrogens is 238 g/mol. The first-order valence-corrected chi connectivity index (χ1v) is 5.86. The van der Waals surface area contributed by atoms with Crippen LogP contribution in [-0.2, 0) is 9.53 Å². The minimum Gasteiger partial charge on any atom is -0.366 e. The fraction of sp³-hybridized carbons (Fsp3) is 0.462. The predicted octanol–water partition coefficient (Wildman–Crippen LogP) is 3.40. The number of carbonyl (C=O) groups is 1. The van der Waals surface area contributed by atoms with Crippen LogP contribution in [0.3, 0.4) is 0 Å². The van der Waals surface area contributed by atoms with E-state index in [1.54, 1.807) is 6.07 Å². The molecule has 3 nitrogen and oxygen atoms in total. The van der Waals surface area contributed by atoms with Gasteiger partial charge in [0, 0.05) is 0 Å². The summed E-state index contributed by atoms with van der Waals surface area (Å²) in [6.45, 7) is 7.67. The number of carbonyl (C=O) groups excluding carboxylic acids is 1. The summed E-state index contributed by atoms with van der Waals surface area (Å²) in [6.07, 6.45) is 0. The van der Waals surface area contributed by atoms with E-state index in [0.717, 1.165) is 5.56 Å². The molecule has 0 aliphatic carbocycles.